The summed E-state index contributed by atoms with van der Waals surface area (Å²) in [5.41, 5.74) is 3.18. The van der Waals surface area contributed by atoms with Crippen LogP contribution in [0.5, 0.6) is 0 Å². The SMILES string of the molecule is Cc1ccc(C(=O)NC(=Cc2cccc3ccccc23)c2nc(=S)[nH][nH]2)cc1. The second-order valence-electron chi connectivity index (χ2n) is 6.46. The fourth-order valence-corrected chi connectivity index (χ4v) is 3.13. The molecule has 3 aromatic carbocycles. The van der Waals surface area contributed by atoms with Crippen molar-refractivity contribution in [1.82, 2.24) is 20.5 Å². The van der Waals surface area contributed by atoms with Crippen LogP contribution in [0.25, 0.3) is 22.5 Å². The molecule has 3 N–H and O–H groups in total. The number of H-pyrrole nitrogens is 2. The molecule has 1 aromatic heterocycles. The number of benzene rings is 3. The van der Waals surface area contributed by atoms with Crippen molar-refractivity contribution in [2.75, 3.05) is 0 Å². The number of carbonyl (C=O) groups is 1. The van der Waals surface area contributed by atoms with E-state index in [0.29, 0.717) is 21.9 Å². The fourth-order valence-electron chi connectivity index (χ4n) is 2.99. The minimum atomic E-state index is -0.214. The van der Waals surface area contributed by atoms with Gasteiger partial charge in [0.1, 0.15) is 0 Å². The summed E-state index contributed by atoms with van der Waals surface area (Å²) >= 11 is 5.08. The van der Waals surface area contributed by atoms with Crippen LogP contribution in [0.3, 0.4) is 0 Å². The van der Waals surface area contributed by atoms with E-state index in [1.165, 1.54) is 0 Å². The van der Waals surface area contributed by atoms with Gasteiger partial charge in [-0.1, -0.05) is 60.2 Å². The summed E-state index contributed by atoms with van der Waals surface area (Å²) in [7, 11) is 0. The van der Waals surface area contributed by atoms with Crippen molar-refractivity contribution in [3.63, 3.8) is 0 Å². The topological polar surface area (TPSA) is 73.6 Å². The Kier molecular flexibility index (Phi) is 4.87. The Labute approximate surface area is 167 Å². The molecule has 0 aliphatic heterocycles. The highest BCUT2D eigenvalue weighted by Gasteiger charge is 2.13. The quantitative estimate of drug-likeness (QED) is 0.439. The molecule has 28 heavy (non-hydrogen) atoms. The van der Waals surface area contributed by atoms with Crippen molar-refractivity contribution in [3.05, 3.63) is 94.0 Å². The molecule has 0 atom stereocenters. The lowest BCUT2D eigenvalue weighted by molar-refractivity contribution is 0.0973. The Morgan fingerprint density at radius 3 is 2.50 bits per heavy atom. The fraction of sp³-hybridized carbons (Fsp3) is 0.0455. The van der Waals surface area contributed by atoms with Crippen LogP contribution >= 0.6 is 12.2 Å². The van der Waals surface area contributed by atoms with Crippen molar-refractivity contribution in [1.29, 1.82) is 0 Å². The molecule has 0 bridgehead atoms. The highest BCUT2D eigenvalue weighted by Crippen LogP contribution is 2.22. The number of aryl methyl sites for hydroxylation is 1. The molecule has 5 nitrogen and oxygen atoms in total. The number of nitrogens with zero attached hydrogens (tertiary/aromatic N) is 1. The minimum absolute atomic E-state index is 0.214. The van der Waals surface area contributed by atoms with E-state index in [-0.39, 0.29) is 5.91 Å². The molecule has 0 fully saturated rings. The van der Waals surface area contributed by atoms with E-state index in [2.05, 4.69) is 32.6 Å². The number of amides is 1. The van der Waals surface area contributed by atoms with Gasteiger partial charge < -0.3 is 5.32 Å². The number of carbonyl (C=O) groups excluding carboxylic acids is 1. The largest absolute Gasteiger partial charge is 0.319 e. The van der Waals surface area contributed by atoms with Gasteiger partial charge >= 0.3 is 0 Å². The molecule has 138 valence electrons. The van der Waals surface area contributed by atoms with Gasteiger partial charge in [-0.25, -0.2) is 0 Å². The maximum Gasteiger partial charge on any atom is 0.255 e. The smallest absolute Gasteiger partial charge is 0.255 e. The van der Waals surface area contributed by atoms with Crippen LogP contribution < -0.4 is 5.32 Å². The molecule has 0 aliphatic carbocycles. The average molecular weight is 386 g/mol. The maximum absolute atomic E-state index is 12.8. The van der Waals surface area contributed by atoms with Gasteiger partial charge in [0.15, 0.2) is 5.82 Å². The van der Waals surface area contributed by atoms with E-state index in [1.807, 2.05) is 55.5 Å². The highest BCUT2D eigenvalue weighted by molar-refractivity contribution is 7.71. The van der Waals surface area contributed by atoms with E-state index in [0.717, 1.165) is 21.9 Å². The van der Waals surface area contributed by atoms with Crippen LogP contribution in [0.4, 0.5) is 0 Å². The average Bonchev–Trinajstić information content (AvgIpc) is 3.14. The van der Waals surface area contributed by atoms with Gasteiger partial charge in [-0.15, -0.1) is 0 Å². The molecule has 0 saturated heterocycles. The molecule has 6 heteroatoms. The van der Waals surface area contributed by atoms with Gasteiger partial charge in [-0.05, 0) is 53.7 Å². The van der Waals surface area contributed by atoms with Crippen LogP contribution in [0.1, 0.15) is 27.3 Å². The van der Waals surface area contributed by atoms with E-state index in [1.54, 1.807) is 12.1 Å². The van der Waals surface area contributed by atoms with Crippen LogP contribution in [-0.4, -0.2) is 21.1 Å². The van der Waals surface area contributed by atoms with E-state index in [4.69, 9.17) is 12.2 Å². The first-order chi connectivity index (χ1) is 13.6. The van der Waals surface area contributed by atoms with Gasteiger partial charge in [0.2, 0.25) is 4.77 Å². The number of hydrogen-bond acceptors (Lipinski definition) is 3. The Balaban J connectivity index is 1.77. The lowest BCUT2D eigenvalue weighted by Gasteiger charge is -2.09. The van der Waals surface area contributed by atoms with Crippen molar-refractivity contribution in [2.45, 2.75) is 6.92 Å². The molecule has 4 aromatic rings. The Hall–Kier alpha value is -3.51. The van der Waals surface area contributed by atoms with E-state index < -0.39 is 0 Å². The Morgan fingerprint density at radius 1 is 1.00 bits per heavy atom. The third kappa shape index (κ3) is 3.77. The lowest BCUT2D eigenvalue weighted by atomic mass is 10.0. The molecule has 4 rings (SSSR count). The van der Waals surface area contributed by atoms with E-state index >= 15 is 0 Å². The van der Waals surface area contributed by atoms with Gasteiger partial charge in [0.05, 0.1) is 5.70 Å². The summed E-state index contributed by atoms with van der Waals surface area (Å²) < 4.78 is 0.323. The van der Waals surface area contributed by atoms with Gasteiger partial charge in [-0.2, -0.15) is 4.98 Å². The summed E-state index contributed by atoms with van der Waals surface area (Å²) in [6.45, 7) is 1.98. The number of rotatable bonds is 4. The first-order valence-electron chi connectivity index (χ1n) is 8.83. The first kappa shape index (κ1) is 17.9. The zero-order valence-corrected chi connectivity index (χ0v) is 16.0. The summed E-state index contributed by atoms with van der Waals surface area (Å²) in [6.07, 6.45) is 1.90. The molecular formula is C22H18N4OS. The third-order valence-electron chi connectivity index (χ3n) is 4.44. The number of nitrogens with one attached hydrogen (secondary N) is 3. The molecule has 0 aliphatic rings. The Morgan fingerprint density at radius 2 is 1.75 bits per heavy atom. The lowest BCUT2D eigenvalue weighted by Crippen LogP contribution is -2.22. The van der Waals surface area contributed by atoms with Crippen LogP contribution in [0, 0.1) is 11.7 Å². The van der Waals surface area contributed by atoms with E-state index in [9.17, 15) is 4.79 Å². The van der Waals surface area contributed by atoms with Crippen molar-refractivity contribution < 1.29 is 4.79 Å². The monoisotopic (exact) mass is 386 g/mol. The number of aromatic amines is 2. The molecule has 0 saturated carbocycles. The number of fused-ring (bicyclic) bond motifs is 1. The van der Waals surface area contributed by atoms with Crippen molar-refractivity contribution in [3.8, 4) is 0 Å². The number of aromatic nitrogens is 3. The summed E-state index contributed by atoms with van der Waals surface area (Å²) in [5, 5.41) is 10.9. The normalized spacial score (nSPS) is 11.5. The molecular weight excluding hydrogens is 368 g/mol. The second-order valence-corrected chi connectivity index (χ2v) is 6.85. The predicted molar refractivity (Wildman–Crippen MR) is 114 cm³/mol. The molecule has 0 spiro atoms. The maximum atomic E-state index is 12.8. The number of hydrogen-bond donors (Lipinski definition) is 3. The summed E-state index contributed by atoms with van der Waals surface area (Å²) in [6, 6.07) is 21.6. The molecule has 1 amide bonds. The van der Waals surface area contributed by atoms with Gasteiger partial charge in [-0.3, -0.25) is 15.0 Å². The molecule has 0 unspecified atom stereocenters. The first-order valence-corrected chi connectivity index (χ1v) is 9.23. The van der Waals surface area contributed by atoms with Crippen LogP contribution in [0.15, 0.2) is 66.7 Å². The van der Waals surface area contributed by atoms with Crippen molar-refractivity contribution in [2.24, 2.45) is 0 Å². The summed E-state index contributed by atoms with van der Waals surface area (Å²) in [4.78, 5) is 17.0. The van der Waals surface area contributed by atoms with Gasteiger partial charge in [0.25, 0.3) is 5.91 Å². The predicted octanol–water partition coefficient (Wildman–Crippen LogP) is 4.86. The highest BCUT2D eigenvalue weighted by atomic mass is 32.1. The third-order valence-corrected chi connectivity index (χ3v) is 4.63. The Bertz CT molecular complexity index is 1230. The zero-order valence-electron chi connectivity index (χ0n) is 15.2. The van der Waals surface area contributed by atoms with Crippen molar-refractivity contribution >= 4 is 40.7 Å². The second kappa shape index (κ2) is 7.62. The van der Waals surface area contributed by atoms with Crippen LogP contribution in [-0.2, 0) is 0 Å². The zero-order chi connectivity index (χ0) is 19.5. The van der Waals surface area contributed by atoms with Crippen LogP contribution in [0.2, 0.25) is 0 Å². The standard InChI is InChI=1S/C22H18N4OS/c1-14-9-11-16(12-10-14)21(27)23-19(20-24-22(28)26-25-20)13-17-7-4-6-15-5-2-3-8-18(15)17/h2-13H,1H3,(H,23,27)(H2,24,25,26,28). The minimum Gasteiger partial charge on any atom is -0.319 e. The molecule has 0 radical (unpaired) electrons. The van der Waals surface area contributed by atoms with Gasteiger partial charge in [0, 0.05) is 5.56 Å². The molecule has 1 heterocycles. The summed E-state index contributed by atoms with van der Waals surface area (Å²) in [5.74, 6) is 0.257.